The van der Waals surface area contributed by atoms with Crippen molar-refractivity contribution in [3.05, 3.63) is 46.7 Å². The molecule has 2 nitrogen and oxygen atoms in total. The Morgan fingerprint density at radius 3 is 2.89 bits per heavy atom. The summed E-state index contributed by atoms with van der Waals surface area (Å²) in [6.07, 6.45) is 5.58. The summed E-state index contributed by atoms with van der Waals surface area (Å²) in [4.78, 5) is 0. The summed E-state index contributed by atoms with van der Waals surface area (Å²) in [6, 6.07) is 8.43. The van der Waals surface area contributed by atoms with Gasteiger partial charge in [0.15, 0.2) is 0 Å². The molecular formula is C16H15ClN2. The van der Waals surface area contributed by atoms with Crippen molar-refractivity contribution < 1.29 is 0 Å². The Morgan fingerprint density at radius 1 is 1.32 bits per heavy atom. The highest BCUT2D eigenvalue weighted by Crippen LogP contribution is 2.42. The van der Waals surface area contributed by atoms with E-state index in [0.717, 1.165) is 11.4 Å². The average Bonchev–Trinajstić information content (AvgIpc) is 3.16. The number of aromatic nitrogens is 2. The smallest absolute Gasteiger partial charge is 0.0775 e. The lowest BCUT2D eigenvalue weighted by atomic mass is 10.1. The van der Waals surface area contributed by atoms with Crippen LogP contribution in [0.25, 0.3) is 16.3 Å². The van der Waals surface area contributed by atoms with Crippen LogP contribution in [-0.4, -0.2) is 9.61 Å². The first-order valence-corrected chi connectivity index (χ1v) is 7.24. The van der Waals surface area contributed by atoms with Gasteiger partial charge in [0.2, 0.25) is 0 Å². The highest BCUT2D eigenvalue weighted by molar-refractivity contribution is 6.31. The Morgan fingerprint density at radius 2 is 2.16 bits per heavy atom. The fourth-order valence-electron chi connectivity index (χ4n) is 2.87. The summed E-state index contributed by atoms with van der Waals surface area (Å²) >= 11 is 6.17. The summed E-state index contributed by atoms with van der Waals surface area (Å²) in [5, 5.41) is 7.88. The van der Waals surface area contributed by atoms with Crippen molar-refractivity contribution in [1.29, 1.82) is 0 Å². The molecule has 1 saturated carbocycles. The van der Waals surface area contributed by atoms with Crippen LogP contribution in [0.5, 0.6) is 0 Å². The second-order valence-corrected chi connectivity index (χ2v) is 5.80. The van der Waals surface area contributed by atoms with Crippen LogP contribution in [0.3, 0.4) is 0 Å². The van der Waals surface area contributed by atoms with Crippen LogP contribution in [0.4, 0.5) is 0 Å². The molecule has 0 unspecified atom stereocenters. The fraction of sp³-hybridized carbons (Fsp3) is 0.312. The molecule has 96 valence electrons. The zero-order valence-corrected chi connectivity index (χ0v) is 11.6. The van der Waals surface area contributed by atoms with Crippen molar-refractivity contribution in [1.82, 2.24) is 9.61 Å². The first-order valence-electron chi connectivity index (χ1n) is 6.86. The van der Waals surface area contributed by atoms with Gasteiger partial charge >= 0.3 is 0 Å². The number of benzene rings is 1. The SMILES string of the molecule is CCc1cnn2c(C3CC3)cc3ccc(Cl)cc3c12. The lowest BCUT2D eigenvalue weighted by Gasteiger charge is -2.09. The van der Waals surface area contributed by atoms with Crippen molar-refractivity contribution in [2.24, 2.45) is 0 Å². The maximum absolute atomic E-state index is 6.17. The van der Waals surface area contributed by atoms with E-state index in [2.05, 4.69) is 34.7 Å². The minimum absolute atomic E-state index is 0.687. The van der Waals surface area contributed by atoms with Crippen molar-refractivity contribution in [3.8, 4) is 0 Å². The molecule has 4 rings (SSSR count). The van der Waals surface area contributed by atoms with Gasteiger partial charge < -0.3 is 0 Å². The van der Waals surface area contributed by atoms with Gasteiger partial charge in [-0.2, -0.15) is 5.10 Å². The molecule has 0 spiro atoms. The molecule has 3 heteroatoms. The monoisotopic (exact) mass is 270 g/mol. The molecule has 2 heterocycles. The summed E-state index contributed by atoms with van der Waals surface area (Å²) < 4.78 is 2.13. The van der Waals surface area contributed by atoms with E-state index in [9.17, 15) is 0 Å². The third-order valence-electron chi connectivity index (χ3n) is 4.04. The predicted octanol–water partition coefficient (Wildman–Crippen LogP) is 4.58. The van der Waals surface area contributed by atoms with Gasteiger partial charge in [0.1, 0.15) is 0 Å². The van der Waals surface area contributed by atoms with E-state index in [1.807, 2.05) is 12.3 Å². The zero-order valence-electron chi connectivity index (χ0n) is 10.9. The highest BCUT2D eigenvalue weighted by atomic mass is 35.5. The Hall–Kier alpha value is -1.54. The van der Waals surface area contributed by atoms with Gasteiger partial charge in [-0.25, -0.2) is 4.52 Å². The largest absolute Gasteiger partial charge is 0.237 e. The van der Waals surface area contributed by atoms with Crippen molar-refractivity contribution in [2.45, 2.75) is 32.1 Å². The van der Waals surface area contributed by atoms with E-state index in [-0.39, 0.29) is 0 Å². The molecule has 19 heavy (non-hydrogen) atoms. The van der Waals surface area contributed by atoms with Gasteiger partial charge in [0.05, 0.1) is 11.7 Å². The Bertz CT molecular complexity index is 784. The van der Waals surface area contributed by atoms with Gasteiger partial charge in [-0.1, -0.05) is 24.6 Å². The molecule has 0 N–H and O–H groups in total. The van der Waals surface area contributed by atoms with Crippen molar-refractivity contribution in [3.63, 3.8) is 0 Å². The van der Waals surface area contributed by atoms with Crippen LogP contribution < -0.4 is 0 Å². The number of pyridine rings is 1. The third-order valence-corrected chi connectivity index (χ3v) is 4.28. The average molecular weight is 271 g/mol. The summed E-state index contributed by atoms with van der Waals surface area (Å²) in [5.41, 5.74) is 3.89. The Kier molecular flexibility index (Phi) is 2.36. The second kappa shape index (κ2) is 3.97. The first-order chi connectivity index (χ1) is 9.28. The van der Waals surface area contributed by atoms with Gasteiger partial charge in [0, 0.05) is 22.0 Å². The minimum atomic E-state index is 0.687. The molecule has 1 aromatic carbocycles. The van der Waals surface area contributed by atoms with Crippen molar-refractivity contribution in [2.75, 3.05) is 0 Å². The van der Waals surface area contributed by atoms with Crippen LogP contribution in [-0.2, 0) is 6.42 Å². The number of fused-ring (bicyclic) bond motifs is 3. The van der Waals surface area contributed by atoms with E-state index >= 15 is 0 Å². The molecule has 1 aliphatic carbocycles. The highest BCUT2D eigenvalue weighted by Gasteiger charge is 2.27. The normalized spacial score (nSPS) is 15.5. The predicted molar refractivity (Wildman–Crippen MR) is 79.1 cm³/mol. The lowest BCUT2D eigenvalue weighted by molar-refractivity contribution is 0.863. The molecule has 1 fully saturated rings. The van der Waals surface area contributed by atoms with Gasteiger partial charge in [-0.3, -0.25) is 0 Å². The molecule has 0 bridgehead atoms. The number of hydrogen-bond acceptors (Lipinski definition) is 1. The maximum atomic E-state index is 6.17. The van der Waals surface area contributed by atoms with Crippen LogP contribution in [0, 0.1) is 0 Å². The van der Waals surface area contributed by atoms with E-state index in [1.165, 1.54) is 40.4 Å². The summed E-state index contributed by atoms with van der Waals surface area (Å²) in [6.45, 7) is 2.18. The molecule has 0 aliphatic heterocycles. The molecule has 2 aromatic heterocycles. The Balaban J connectivity index is 2.19. The van der Waals surface area contributed by atoms with Gasteiger partial charge in [-0.15, -0.1) is 0 Å². The van der Waals surface area contributed by atoms with E-state index in [4.69, 9.17) is 11.6 Å². The van der Waals surface area contributed by atoms with E-state index < -0.39 is 0 Å². The molecule has 0 radical (unpaired) electrons. The lowest BCUT2D eigenvalue weighted by Crippen LogP contribution is -1.98. The summed E-state index contributed by atoms with van der Waals surface area (Å²) in [7, 11) is 0. The third kappa shape index (κ3) is 1.67. The van der Waals surface area contributed by atoms with Crippen LogP contribution >= 0.6 is 11.6 Å². The maximum Gasteiger partial charge on any atom is 0.0775 e. The Labute approximate surface area is 117 Å². The van der Waals surface area contributed by atoms with E-state index in [0.29, 0.717) is 5.92 Å². The second-order valence-electron chi connectivity index (χ2n) is 5.36. The molecule has 0 atom stereocenters. The number of halogens is 1. The number of hydrogen-bond donors (Lipinski definition) is 0. The van der Waals surface area contributed by atoms with Crippen LogP contribution in [0.1, 0.15) is 36.9 Å². The molecule has 3 aromatic rings. The van der Waals surface area contributed by atoms with Gasteiger partial charge in [-0.05, 0) is 48.4 Å². The topological polar surface area (TPSA) is 17.3 Å². The molecule has 1 aliphatic rings. The zero-order chi connectivity index (χ0) is 13.0. The van der Waals surface area contributed by atoms with E-state index in [1.54, 1.807) is 0 Å². The number of nitrogens with zero attached hydrogens (tertiary/aromatic N) is 2. The van der Waals surface area contributed by atoms with Crippen molar-refractivity contribution >= 4 is 27.9 Å². The number of rotatable bonds is 2. The fourth-order valence-corrected chi connectivity index (χ4v) is 3.05. The number of aryl methyl sites for hydroxylation is 1. The first kappa shape index (κ1) is 11.3. The van der Waals surface area contributed by atoms with Gasteiger partial charge in [0.25, 0.3) is 0 Å². The molecular weight excluding hydrogens is 256 g/mol. The minimum Gasteiger partial charge on any atom is -0.237 e. The standard InChI is InChI=1S/C16H15ClN2/c1-2-10-9-18-19-15(11-3-4-11)7-12-5-6-13(17)8-14(12)16(10)19/h5-9,11H,2-4H2,1H3. The van der Waals surface area contributed by atoms with Crippen LogP contribution in [0.2, 0.25) is 5.02 Å². The quantitative estimate of drug-likeness (QED) is 0.666. The summed E-state index contributed by atoms with van der Waals surface area (Å²) in [5.74, 6) is 0.687. The van der Waals surface area contributed by atoms with Crippen LogP contribution in [0.15, 0.2) is 30.5 Å². The molecule has 0 saturated heterocycles. The molecule has 0 amide bonds.